The maximum absolute atomic E-state index is 12.6. The molecule has 0 aliphatic heterocycles. The molecule has 1 atom stereocenters. The molecular weight excluding hydrogens is 303 g/mol. The number of carbonyl (C=O) groups is 1. The summed E-state index contributed by atoms with van der Waals surface area (Å²) in [6.07, 6.45) is 4.42. The smallest absolute Gasteiger partial charge is 0.335 e. The first kappa shape index (κ1) is 16.1. The summed E-state index contributed by atoms with van der Waals surface area (Å²) in [5, 5.41) is 0. The molecule has 0 aromatic heterocycles. The Labute approximate surface area is 134 Å². The van der Waals surface area contributed by atoms with Crippen LogP contribution in [0.15, 0.2) is 36.4 Å². The van der Waals surface area contributed by atoms with Crippen LogP contribution >= 0.6 is 0 Å². The van der Waals surface area contributed by atoms with Crippen molar-refractivity contribution in [2.75, 3.05) is 0 Å². The van der Waals surface area contributed by atoms with Crippen molar-refractivity contribution in [3.05, 3.63) is 47.5 Å². The van der Waals surface area contributed by atoms with Gasteiger partial charge in [-0.2, -0.15) is 13.2 Å². The minimum Gasteiger partial charge on any atom is -0.335 e. The van der Waals surface area contributed by atoms with Crippen molar-refractivity contribution < 1.29 is 18.0 Å². The third kappa shape index (κ3) is 4.15. The van der Waals surface area contributed by atoms with Gasteiger partial charge in [-0.25, -0.2) is 0 Å². The summed E-state index contributed by atoms with van der Waals surface area (Å²) >= 11 is 0. The molecule has 2 aliphatic carbocycles. The molecule has 2 aliphatic rings. The number of hydrogen-bond acceptors (Lipinski definition) is 1. The monoisotopic (exact) mass is 323 g/mol. The van der Waals surface area contributed by atoms with E-state index in [1.165, 1.54) is 12.1 Å². The van der Waals surface area contributed by atoms with Gasteiger partial charge in [-0.1, -0.05) is 24.3 Å². The molecular formula is C18H20F3NO. The molecule has 3 rings (SSSR count). The van der Waals surface area contributed by atoms with Gasteiger partial charge in [-0.15, -0.1) is 0 Å². The molecule has 1 fully saturated rings. The second kappa shape index (κ2) is 6.38. The van der Waals surface area contributed by atoms with Crippen LogP contribution in [0.5, 0.6) is 0 Å². The van der Waals surface area contributed by atoms with E-state index in [9.17, 15) is 18.0 Å². The highest BCUT2D eigenvalue weighted by atomic mass is 19.4. The van der Waals surface area contributed by atoms with Gasteiger partial charge >= 0.3 is 6.18 Å². The lowest BCUT2D eigenvalue weighted by atomic mass is 10.0. The Morgan fingerprint density at radius 3 is 2.35 bits per heavy atom. The lowest BCUT2D eigenvalue weighted by Crippen LogP contribution is -2.33. The van der Waals surface area contributed by atoms with E-state index in [4.69, 9.17) is 0 Å². The van der Waals surface area contributed by atoms with Crippen LogP contribution in [0, 0.1) is 5.92 Å². The Morgan fingerprint density at radius 1 is 1.13 bits per heavy atom. The normalized spacial score (nSPS) is 20.7. The van der Waals surface area contributed by atoms with Gasteiger partial charge in [0.05, 0.1) is 5.56 Å². The molecule has 23 heavy (non-hydrogen) atoms. The highest BCUT2D eigenvalue weighted by molar-refractivity contribution is 5.77. The van der Waals surface area contributed by atoms with Crippen molar-refractivity contribution in [3.63, 3.8) is 0 Å². The number of hydrogen-bond donors (Lipinski definition) is 0. The Kier molecular flexibility index (Phi) is 4.46. The van der Waals surface area contributed by atoms with Crippen LogP contribution in [0.1, 0.15) is 43.2 Å². The molecule has 0 radical (unpaired) electrons. The molecule has 1 saturated carbocycles. The average molecular weight is 323 g/mol. The molecule has 1 amide bonds. The molecule has 0 N–H and O–H groups in total. The van der Waals surface area contributed by atoms with E-state index >= 15 is 0 Å². The maximum atomic E-state index is 12.6. The molecule has 124 valence electrons. The number of alkyl halides is 3. The first-order valence-corrected chi connectivity index (χ1v) is 8.06. The van der Waals surface area contributed by atoms with E-state index in [-0.39, 0.29) is 11.9 Å². The maximum Gasteiger partial charge on any atom is 0.416 e. The fourth-order valence-electron chi connectivity index (χ4n) is 3.01. The first-order valence-electron chi connectivity index (χ1n) is 8.06. The van der Waals surface area contributed by atoms with Crippen molar-refractivity contribution >= 4 is 5.91 Å². The van der Waals surface area contributed by atoms with Crippen molar-refractivity contribution in [2.24, 2.45) is 5.92 Å². The number of halogens is 3. The van der Waals surface area contributed by atoms with Gasteiger partial charge in [0.15, 0.2) is 0 Å². The fraction of sp³-hybridized carbons (Fsp3) is 0.500. The van der Waals surface area contributed by atoms with Gasteiger partial charge in [-0.05, 0) is 49.3 Å². The fourth-order valence-corrected chi connectivity index (χ4v) is 3.01. The number of rotatable bonds is 5. The zero-order chi connectivity index (χ0) is 16.4. The number of carbonyl (C=O) groups excluding carboxylic acids is 1. The van der Waals surface area contributed by atoms with Crippen LogP contribution in [0.4, 0.5) is 13.2 Å². The summed E-state index contributed by atoms with van der Waals surface area (Å²) in [7, 11) is 0. The van der Waals surface area contributed by atoms with Crippen LogP contribution in [0.3, 0.4) is 0 Å². The summed E-state index contributed by atoms with van der Waals surface area (Å²) in [4.78, 5) is 14.4. The van der Waals surface area contributed by atoms with E-state index in [0.29, 0.717) is 18.9 Å². The van der Waals surface area contributed by atoms with Crippen molar-refractivity contribution in [3.8, 4) is 0 Å². The van der Waals surface area contributed by atoms with E-state index < -0.39 is 11.7 Å². The molecule has 0 spiro atoms. The van der Waals surface area contributed by atoms with Crippen LogP contribution in [-0.2, 0) is 17.5 Å². The Bertz CT molecular complexity index is 587. The molecule has 5 heteroatoms. The summed E-state index contributed by atoms with van der Waals surface area (Å²) < 4.78 is 37.8. The van der Waals surface area contributed by atoms with Crippen LogP contribution < -0.4 is 0 Å². The number of amides is 1. The largest absolute Gasteiger partial charge is 0.416 e. The highest BCUT2D eigenvalue weighted by Gasteiger charge is 2.34. The zero-order valence-electron chi connectivity index (χ0n) is 12.9. The zero-order valence-corrected chi connectivity index (χ0v) is 12.9. The molecule has 1 aromatic carbocycles. The van der Waals surface area contributed by atoms with Crippen LogP contribution in [0.25, 0.3) is 0 Å². The lowest BCUT2D eigenvalue weighted by molar-refractivity contribution is -0.137. The minimum atomic E-state index is -4.32. The van der Waals surface area contributed by atoms with Gasteiger partial charge in [0.1, 0.15) is 0 Å². The van der Waals surface area contributed by atoms with E-state index in [0.717, 1.165) is 43.4 Å². The SMILES string of the molecule is O=C(CC1C=CCC1)N(Cc1ccc(C(F)(F)F)cc1)C1CC1. The average Bonchev–Trinajstić information content (AvgIpc) is 3.21. The van der Waals surface area contributed by atoms with Gasteiger partial charge < -0.3 is 4.90 Å². The van der Waals surface area contributed by atoms with Gasteiger partial charge in [0.25, 0.3) is 0 Å². The highest BCUT2D eigenvalue weighted by Crippen LogP contribution is 2.32. The lowest BCUT2D eigenvalue weighted by Gasteiger charge is -2.24. The van der Waals surface area contributed by atoms with E-state index in [2.05, 4.69) is 12.2 Å². The summed E-state index contributed by atoms with van der Waals surface area (Å²) in [5.41, 5.74) is 0.0989. The third-order valence-corrected chi connectivity index (χ3v) is 4.49. The molecule has 0 heterocycles. The predicted molar refractivity (Wildman–Crippen MR) is 81.5 cm³/mol. The summed E-state index contributed by atoms with van der Waals surface area (Å²) in [6, 6.07) is 5.38. The molecule has 1 unspecified atom stereocenters. The number of nitrogens with zero attached hydrogens (tertiary/aromatic N) is 1. The topological polar surface area (TPSA) is 20.3 Å². The van der Waals surface area contributed by atoms with Gasteiger partial charge in [0.2, 0.25) is 5.91 Å². The first-order chi connectivity index (χ1) is 10.9. The van der Waals surface area contributed by atoms with Gasteiger partial charge in [0, 0.05) is 19.0 Å². The standard InChI is InChI=1S/C18H20F3NO/c19-18(20,21)15-7-5-14(6-8-15)12-22(16-9-10-16)17(23)11-13-3-1-2-4-13/h1,3,5-8,13,16H,2,4,9-12H2. The van der Waals surface area contributed by atoms with Gasteiger partial charge in [-0.3, -0.25) is 4.79 Å². The van der Waals surface area contributed by atoms with Crippen molar-refractivity contribution in [1.29, 1.82) is 0 Å². The van der Waals surface area contributed by atoms with Crippen LogP contribution in [0.2, 0.25) is 0 Å². The Morgan fingerprint density at radius 2 is 1.83 bits per heavy atom. The van der Waals surface area contributed by atoms with E-state index in [1.54, 1.807) is 0 Å². The van der Waals surface area contributed by atoms with Crippen LogP contribution in [-0.4, -0.2) is 16.8 Å². The quantitative estimate of drug-likeness (QED) is 0.728. The third-order valence-electron chi connectivity index (χ3n) is 4.49. The van der Waals surface area contributed by atoms with Crippen molar-refractivity contribution in [2.45, 2.75) is 50.9 Å². The van der Waals surface area contributed by atoms with Crippen molar-refractivity contribution in [1.82, 2.24) is 4.90 Å². The minimum absolute atomic E-state index is 0.115. The Hall–Kier alpha value is -1.78. The second-order valence-electron chi connectivity index (χ2n) is 6.42. The second-order valence-corrected chi connectivity index (χ2v) is 6.42. The molecule has 1 aromatic rings. The molecule has 2 nitrogen and oxygen atoms in total. The number of allylic oxidation sites excluding steroid dienone is 2. The summed E-state index contributed by atoms with van der Waals surface area (Å²) in [6.45, 7) is 0.401. The Balaban J connectivity index is 1.65. The molecule has 0 bridgehead atoms. The van der Waals surface area contributed by atoms with E-state index in [1.807, 2.05) is 4.90 Å². The molecule has 0 saturated heterocycles. The number of benzene rings is 1. The predicted octanol–water partition coefficient (Wildman–Crippen LogP) is 4.55. The summed E-state index contributed by atoms with van der Waals surface area (Å²) in [5.74, 6) is 0.431.